The van der Waals surface area contributed by atoms with E-state index < -0.39 is 10.9 Å². The highest BCUT2D eigenvalue weighted by molar-refractivity contribution is 7.70. The molecule has 0 aliphatic rings. The number of hydrogen-bond acceptors (Lipinski definition) is 5. The lowest BCUT2D eigenvalue weighted by atomic mass is 10.1. The predicted octanol–water partition coefficient (Wildman–Crippen LogP) is 2.17. The van der Waals surface area contributed by atoms with Gasteiger partial charge in [-0.1, -0.05) is 12.1 Å². The third-order valence-corrected chi connectivity index (χ3v) is 3.98. The molecular formula is C16H18Cl2N4O3S. The monoisotopic (exact) mass is 416 g/mol. The molecule has 2 aromatic heterocycles. The summed E-state index contributed by atoms with van der Waals surface area (Å²) >= 11 is 0. The first-order chi connectivity index (χ1) is 11.6. The third-order valence-electron chi connectivity index (χ3n) is 3.49. The number of H-pyrrole nitrogens is 1. The second kappa shape index (κ2) is 10.1. The average molecular weight is 417 g/mol. The van der Waals surface area contributed by atoms with Crippen LogP contribution in [0.4, 0.5) is 11.4 Å². The molecule has 2 heterocycles. The summed E-state index contributed by atoms with van der Waals surface area (Å²) in [7, 11) is -2.57. The Morgan fingerprint density at radius 1 is 1.08 bits per heavy atom. The van der Waals surface area contributed by atoms with E-state index in [4.69, 9.17) is 0 Å². The van der Waals surface area contributed by atoms with E-state index in [1.807, 2.05) is 30.3 Å². The van der Waals surface area contributed by atoms with Crippen LogP contribution in [0.2, 0.25) is 0 Å². The summed E-state index contributed by atoms with van der Waals surface area (Å²) in [6, 6.07) is 12.7. The summed E-state index contributed by atoms with van der Waals surface area (Å²) in [6.07, 6.45) is 2.22. The Hall–Kier alpha value is -2.13. The van der Waals surface area contributed by atoms with Crippen LogP contribution in [0, 0.1) is 0 Å². The number of thiol groups is 1. The highest BCUT2D eigenvalue weighted by atomic mass is 35.5. The van der Waals surface area contributed by atoms with Gasteiger partial charge in [-0.2, -0.15) is 0 Å². The van der Waals surface area contributed by atoms with Crippen molar-refractivity contribution in [3.63, 3.8) is 0 Å². The third kappa shape index (κ3) is 5.70. The molecule has 0 saturated heterocycles. The minimum atomic E-state index is -2.57. The number of nitrogens with zero attached hydrogens (tertiary/aromatic N) is 1. The van der Waals surface area contributed by atoms with Gasteiger partial charge in [-0.05, 0) is 36.2 Å². The van der Waals surface area contributed by atoms with Gasteiger partial charge in [0.05, 0.1) is 5.69 Å². The molecule has 26 heavy (non-hydrogen) atoms. The molecule has 7 nitrogen and oxygen atoms in total. The van der Waals surface area contributed by atoms with Crippen molar-refractivity contribution in [2.45, 2.75) is 6.42 Å². The number of pyridine rings is 2. The van der Waals surface area contributed by atoms with E-state index >= 15 is 0 Å². The number of aromatic amines is 1. The molecule has 0 spiro atoms. The van der Waals surface area contributed by atoms with Crippen LogP contribution in [0.15, 0.2) is 53.5 Å². The van der Waals surface area contributed by atoms with E-state index in [1.165, 1.54) is 6.07 Å². The van der Waals surface area contributed by atoms with E-state index in [0.717, 1.165) is 22.3 Å². The zero-order valence-electron chi connectivity index (χ0n) is 13.5. The van der Waals surface area contributed by atoms with Crippen molar-refractivity contribution in [1.82, 2.24) is 14.7 Å². The number of nitrogens with one attached hydrogen (secondary N) is 3. The Bertz CT molecular complexity index is 1000. The molecule has 0 unspecified atom stereocenters. The van der Waals surface area contributed by atoms with Gasteiger partial charge in [0, 0.05) is 29.9 Å². The van der Waals surface area contributed by atoms with E-state index in [1.54, 1.807) is 12.3 Å². The van der Waals surface area contributed by atoms with E-state index in [-0.39, 0.29) is 30.4 Å². The number of aromatic nitrogens is 2. The average Bonchev–Trinajstić information content (AvgIpc) is 2.55. The maximum atomic E-state index is 11.4. The van der Waals surface area contributed by atoms with Gasteiger partial charge in [-0.25, -0.2) is 18.1 Å². The fourth-order valence-electron chi connectivity index (χ4n) is 2.42. The molecule has 3 aromatic rings. The molecule has 3 N–H and O–H groups in total. The maximum absolute atomic E-state index is 11.4. The van der Waals surface area contributed by atoms with Gasteiger partial charge in [-0.15, -0.1) is 24.8 Å². The molecule has 1 aromatic carbocycles. The predicted molar refractivity (Wildman–Crippen MR) is 109 cm³/mol. The first-order valence-corrected chi connectivity index (χ1v) is 8.51. The molecule has 0 radical (unpaired) electrons. The number of rotatable bonds is 6. The minimum absolute atomic E-state index is 0. The number of halogens is 2. The zero-order valence-corrected chi connectivity index (χ0v) is 16.0. The molecule has 3 rings (SSSR count). The normalized spacial score (nSPS) is 10.2. The first kappa shape index (κ1) is 21.9. The van der Waals surface area contributed by atoms with Crippen LogP contribution in [0.3, 0.4) is 0 Å². The van der Waals surface area contributed by atoms with Crippen molar-refractivity contribution in [2.24, 2.45) is 0 Å². The van der Waals surface area contributed by atoms with Gasteiger partial charge in [0.1, 0.15) is 5.65 Å². The topological polar surface area (TPSA) is 104 Å². The van der Waals surface area contributed by atoms with Gasteiger partial charge in [0.15, 0.2) is 0 Å². The standard InChI is InChI=1S/C16H16N4O3S.2ClH/c21-15-5-4-13-14(7-8-17-16(13)20-15)19-12-3-1-2-11(10-12)6-9-18-24(22)23;;/h1-5,7-8,10,24H,6,9H2,(H,18,22,23)(H2,17,19,20,21);2*1H. The number of benzene rings is 1. The maximum Gasteiger partial charge on any atom is 0.249 e. The van der Waals surface area contributed by atoms with Gasteiger partial charge < -0.3 is 10.3 Å². The summed E-state index contributed by atoms with van der Waals surface area (Å²) < 4.78 is 23.4. The second-order valence-electron chi connectivity index (χ2n) is 5.18. The molecule has 0 saturated carbocycles. The Morgan fingerprint density at radius 2 is 1.88 bits per heavy atom. The molecule has 0 atom stereocenters. The summed E-state index contributed by atoms with van der Waals surface area (Å²) in [5.74, 6) is 0. The van der Waals surface area contributed by atoms with Crippen LogP contribution in [0.25, 0.3) is 11.0 Å². The Balaban J connectivity index is 0.00000169. The fourth-order valence-corrected chi connectivity index (χ4v) is 2.71. The smallest absolute Gasteiger partial charge is 0.249 e. The largest absolute Gasteiger partial charge is 0.355 e. The van der Waals surface area contributed by atoms with Crippen LogP contribution in [-0.4, -0.2) is 24.9 Å². The summed E-state index contributed by atoms with van der Waals surface area (Å²) in [6.45, 7) is 0.363. The Labute approximate surface area is 164 Å². The van der Waals surface area contributed by atoms with E-state index in [0.29, 0.717) is 18.6 Å². The minimum Gasteiger partial charge on any atom is -0.355 e. The number of hydrogen-bond donors (Lipinski definition) is 4. The van der Waals surface area contributed by atoms with E-state index in [2.05, 4.69) is 20.0 Å². The molecule has 140 valence electrons. The lowest BCUT2D eigenvalue weighted by molar-refractivity contribution is 0.602. The van der Waals surface area contributed by atoms with Crippen molar-refractivity contribution in [1.29, 1.82) is 0 Å². The SMILES string of the molecule is Cl.Cl.O=c1ccc2c(Nc3cccc(CCN[SH](=O)=O)c3)ccnc2[nH]1. The molecule has 0 amide bonds. The summed E-state index contributed by atoms with van der Waals surface area (Å²) in [5, 5.41) is 4.12. The van der Waals surface area contributed by atoms with Crippen molar-refractivity contribution in [3.8, 4) is 0 Å². The van der Waals surface area contributed by atoms with Crippen LogP contribution < -0.4 is 15.6 Å². The summed E-state index contributed by atoms with van der Waals surface area (Å²) in [5.41, 5.74) is 3.04. The van der Waals surface area contributed by atoms with Crippen LogP contribution in [0.5, 0.6) is 0 Å². The van der Waals surface area contributed by atoms with Crippen molar-refractivity contribution in [3.05, 3.63) is 64.6 Å². The Morgan fingerprint density at radius 3 is 2.65 bits per heavy atom. The molecule has 0 aliphatic heterocycles. The van der Waals surface area contributed by atoms with Gasteiger partial charge in [0.2, 0.25) is 16.4 Å². The van der Waals surface area contributed by atoms with Gasteiger partial charge in [-0.3, -0.25) is 4.79 Å². The highest BCUT2D eigenvalue weighted by Gasteiger charge is 2.04. The van der Waals surface area contributed by atoms with Crippen LogP contribution in [-0.2, 0) is 17.3 Å². The molecule has 0 bridgehead atoms. The second-order valence-corrected chi connectivity index (χ2v) is 6.01. The van der Waals surface area contributed by atoms with Crippen molar-refractivity contribution in [2.75, 3.05) is 11.9 Å². The highest BCUT2D eigenvalue weighted by Crippen LogP contribution is 2.23. The molecule has 0 fully saturated rings. The molecule has 0 aliphatic carbocycles. The quantitative estimate of drug-likeness (QED) is 0.461. The van der Waals surface area contributed by atoms with Gasteiger partial charge >= 0.3 is 0 Å². The van der Waals surface area contributed by atoms with E-state index in [9.17, 15) is 13.2 Å². The van der Waals surface area contributed by atoms with Crippen molar-refractivity contribution < 1.29 is 8.42 Å². The lowest BCUT2D eigenvalue weighted by Gasteiger charge is -2.10. The Kier molecular flexibility index (Phi) is 8.53. The van der Waals surface area contributed by atoms with Crippen molar-refractivity contribution >= 4 is 58.1 Å². The molecular weight excluding hydrogens is 399 g/mol. The zero-order chi connectivity index (χ0) is 16.9. The summed E-state index contributed by atoms with van der Waals surface area (Å²) in [4.78, 5) is 18.2. The number of fused-ring (bicyclic) bond motifs is 1. The number of anilines is 2. The first-order valence-electron chi connectivity index (χ1n) is 7.34. The lowest BCUT2D eigenvalue weighted by Crippen LogP contribution is -2.14. The fraction of sp³-hybridized carbons (Fsp3) is 0.125. The van der Waals surface area contributed by atoms with Crippen LogP contribution in [0.1, 0.15) is 5.56 Å². The van der Waals surface area contributed by atoms with Gasteiger partial charge in [0.25, 0.3) is 0 Å². The van der Waals surface area contributed by atoms with Crippen LogP contribution >= 0.6 is 24.8 Å². The molecule has 10 heteroatoms.